The molecule has 0 bridgehead atoms. The lowest BCUT2D eigenvalue weighted by molar-refractivity contribution is 0.0785. The van der Waals surface area contributed by atoms with Gasteiger partial charge in [-0.2, -0.15) is 4.31 Å². The van der Waals surface area contributed by atoms with Crippen molar-refractivity contribution in [1.29, 1.82) is 0 Å². The van der Waals surface area contributed by atoms with Gasteiger partial charge in [-0.05, 0) is 35.9 Å². The molecule has 0 saturated carbocycles. The summed E-state index contributed by atoms with van der Waals surface area (Å²) in [5.41, 5.74) is 1.07. The van der Waals surface area contributed by atoms with Crippen LogP contribution in [-0.4, -0.2) is 50.8 Å². The summed E-state index contributed by atoms with van der Waals surface area (Å²) in [7, 11) is -0.440. The minimum absolute atomic E-state index is 0.0572. The Kier molecular flexibility index (Phi) is 7.46. The van der Waals surface area contributed by atoms with Crippen LogP contribution >= 0.6 is 11.6 Å². The van der Waals surface area contributed by atoms with E-state index in [4.69, 9.17) is 16.3 Å². The van der Waals surface area contributed by atoms with E-state index in [9.17, 15) is 13.2 Å². The first-order chi connectivity index (χ1) is 13.2. The number of ether oxygens (including phenoxy) is 1. The van der Waals surface area contributed by atoms with Crippen LogP contribution in [0.2, 0.25) is 5.02 Å². The Morgan fingerprint density at radius 3 is 2.21 bits per heavy atom. The molecule has 0 spiro atoms. The van der Waals surface area contributed by atoms with Crippen LogP contribution in [0.25, 0.3) is 0 Å². The number of sulfonamides is 1. The Morgan fingerprint density at radius 2 is 1.68 bits per heavy atom. The van der Waals surface area contributed by atoms with Crippen LogP contribution in [-0.2, 0) is 16.6 Å². The van der Waals surface area contributed by atoms with Crippen molar-refractivity contribution in [2.24, 2.45) is 0 Å². The minimum Gasteiger partial charge on any atom is -0.497 e. The molecule has 2 aromatic rings. The molecule has 0 fully saturated rings. The molecule has 0 radical (unpaired) electrons. The fourth-order valence-corrected chi connectivity index (χ4v) is 4.51. The fourth-order valence-electron chi connectivity index (χ4n) is 2.82. The van der Waals surface area contributed by atoms with Gasteiger partial charge >= 0.3 is 0 Å². The van der Waals surface area contributed by atoms with Crippen molar-refractivity contribution in [3.63, 3.8) is 0 Å². The summed E-state index contributed by atoms with van der Waals surface area (Å²) >= 11 is 6.20. The molecule has 6 nitrogen and oxygen atoms in total. The van der Waals surface area contributed by atoms with Crippen molar-refractivity contribution in [2.75, 3.05) is 27.2 Å². The van der Waals surface area contributed by atoms with E-state index >= 15 is 0 Å². The molecule has 0 saturated heterocycles. The smallest absolute Gasteiger partial charge is 0.255 e. The number of carbonyl (C=O) groups excluding carboxylic acids is 1. The fraction of sp³-hybridized carbons (Fsp3) is 0.350. The van der Waals surface area contributed by atoms with Crippen LogP contribution < -0.4 is 4.74 Å². The van der Waals surface area contributed by atoms with E-state index in [-0.39, 0.29) is 21.4 Å². The van der Waals surface area contributed by atoms with Gasteiger partial charge in [0, 0.05) is 26.7 Å². The summed E-state index contributed by atoms with van der Waals surface area (Å²) in [6.07, 6.45) is 0. The summed E-state index contributed by atoms with van der Waals surface area (Å²) < 4.78 is 32.0. The van der Waals surface area contributed by atoms with E-state index in [2.05, 4.69) is 0 Å². The number of rotatable bonds is 8. The Bertz CT molecular complexity index is 926. The second-order valence-electron chi connectivity index (χ2n) is 6.24. The Balaban J connectivity index is 2.29. The van der Waals surface area contributed by atoms with Crippen LogP contribution in [0.15, 0.2) is 47.4 Å². The first kappa shape index (κ1) is 22.2. The van der Waals surface area contributed by atoms with E-state index in [1.54, 1.807) is 28.0 Å². The zero-order chi connectivity index (χ0) is 20.9. The van der Waals surface area contributed by atoms with E-state index in [1.165, 1.54) is 27.4 Å². The summed E-state index contributed by atoms with van der Waals surface area (Å²) in [5, 5.41) is 0.213. The van der Waals surface area contributed by atoms with Gasteiger partial charge in [0.25, 0.3) is 5.91 Å². The van der Waals surface area contributed by atoms with Crippen LogP contribution in [0.1, 0.15) is 29.8 Å². The van der Waals surface area contributed by atoms with Crippen LogP contribution in [0.3, 0.4) is 0 Å². The Hall–Kier alpha value is -2.09. The van der Waals surface area contributed by atoms with Crippen molar-refractivity contribution >= 4 is 27.5 Å². The predicted molar refractivity (Wildman–Crippen MR) is 110 cm³/mol. The SMILES string of the molecule is CCN(CC)S(=O)(=O)c1ccc(Cl)c(C(=O)N(C)Cc2ccc(OC)cc2)c1. The molecule has 152 valence electrons. The molecular weight excluding hydrogens is 400 g/mol. The average molecular weight is 425 g/mol. The molecule has 2 aromatic carbocycles. The minimum atomic E-state index is -3.68. The first-order valence-corrected chi connectivity index (χ1v) is 10.7. The number of amides is 1. The van der Waals surface area contributed by atoms with Crippen molar-refractivity contribution in [3.05, 3.63) is 58.6 Å². The summed E-state index contributed by atoms with van der Waals surface area (Å²) in [6.45, 7) is 4.59. The quantitative estimate of drug-likeness (QED) is 0.648. The van der Waals surface area contributed by atoms with Crippen LogP contribution in [0.5, 0.6) is 5.75 Å². The molecule has 0 unspecified atom stereocenters. The van der Waals surface area contributed by atoms with Gasteiger partial charge in [-0.3, -0.25) is 4.79 Å². The maximum absolute atomic E-state index is 12.9. The average Bonchev–Trinajstić information content (AvgIpc) is 2.69. The second-order valence-corrected chi connectivity index (χ2v) is 8.59. The third kappa shape index (κ3) is 4.84. The number of hydrogen-bond donors (Lipinski definition) is 0. The number of nitrogens with zero attached hydrogens (tertiary/aromatic N) is 2. The van der Waals surface area contributed by atoms with Crippen LogP contribution in [0, 0.1) is 0 Å². The lowest BCUT2D eigenvalue weighted by atomic mass is 10.1. The number of carbonyl (C=O) groups is 1. The lowest BCUT2D eigenvalue weighted by Gasteiger charge is -2.21. The number of halogens is 1. The molecule has 0 aliphatic heterocycles. The van der Waals surface area contributed by atoms with E-state index in [0.717, 1.165) is 11.3 Å². The predicted octanol–water partition coefficient (Wildman–Crippen LogP) is 3.65. The van der Waals surface area contributed by atoms with E-state index in [0.29, 0.717) is 19.6 Å². The van der Waals surface area contributed by atoms with E-state index < -0.39 is 10.0 Å². The van der Waals surface area contributed by atoms with Gasteiger partial charge in [-0.1, -0.05) is 37.6 Å². The zero-order valence-corrected chi connectivity index (χ0v) is 18.0. The van der Waals surface area contributed by atoms with E-state index in [1.807, 2.05) is 24.3 Å². The highest BCUT2D eigenvalue weighted by atomic mass is 35.5. The van der Waals surface area contributed by atoms with Crippen molar-refractivity contribution in [3.8, 4) is 5.75 Å². The van der Waals surface area contributed by atoms with Crippen molar-refractivity contribution in [2.45, 2.75) is 25.3 Å². The highest BCUT2D eigenvalue weighted by Crippen LogP contribution is 2.24. The number of benzene rings is 2. The molecule has 0 atom stereocenters. The molecule has 1 amide bonds. The third-order valence-electron chi connectivity index (χ3n) is 4.44. The second kappa shape index (κ2) is 9.41. The van der Waals surface area contributed by atoms with Gasteiger partial charge in [-0.15, -0.1) is 0 Å². The number of hydrogen-bond acceptors (Lipinski definition) is 4. The molecule has 0 aliphatic carbocycles. The van der Waals surface area contributed by atoms with Crippen molar-refractivity contribution < 1.29 is 17.9 Å². The number of methoxy groups -OCH3 is 1. The van der Waals surface area contributed by atoms with Gasteiger partial charge < -0.3 is 9.64 Å². The maximum atomic E-state index is 12.9. The molecule has 2 rings (SSSR count). The molecule has 0 heterocycles. The van der Waals surface area contributed by atoms with Gasteiger partial charge in [-0.25, -0.2) is 8.42 Å². The third-order valence-corrected chi connectivity index (χ3v) is 6.81. The highest BCUT2D eigenvalue weighted by molar-refractivity contribution is 7.89. The topological polar surface area (TPSA) is 66.9 Å². The van der Waals surface area contributed by atoms with Crippen molar-refractivity contribution in [1.82, 2.24) is 9.21 Å². The van der Waals surface area contributed by atoms with Gasteiger partial charge in [0.2, 0.25) is 10.0 Å². The zero-order valence-electron chi connectivity index (χ0n) is 16.5. The maximum Gasteiger partial charge on any atom is 0.255 e. The molecule has 28 heavy (non-hydrogen) atoms. The summed E-state index contributed by atoms with van der Waals surface area (Å²) in [6, 6.07) is 11.6. The van der Waals surface area contributed by atoms with Gasteiger partial charge in [0.15, 0.2) is 0 Å². The molecular formula is C20H25ClN2O4S. The lowest BCUT2D eigenvalue weighted by Crippen LogP contribution is -2.31. The molecule has 0 aromatic heterocycles. The summed E-state index contributed by atoms with van der Waals surface area (Å²) in [4.78, 5) is 14.4. The largest absolute Gasteiger partial charge is 0.497 e. The normalized spacial score (nSPS) is 11.5. The molecule has 0 aliphatic rings. The van der Waals surface area contributed by atoms with Crippen LogP contribution in [0.4, 0.5) is 0 Å². The van der Waals surface area contributed by atoms with Gasteiger partial charge in [0.05, 0.1) is 22.6 Å². The molecule has 8 heteroatoms. The Labute approximate surface area is 171 Å². The first-order valence-electron chi connectivity index (χ1n) is 8.92. The standard InChI is InChI=1S/C20H25ClN2O4S/c1-5-23(6-2)28(25,26)17-11-12-19(21)18(13-17)20(24)22(3)14-15-7-9-16(27-4)10-8-15/h7-13H,5-6,14H2,1-4H3. The molecule has 0 N–H and O–H groups in total. The summed E-state index contributed by atoms with van der Waals surface area (Å²) in [5.74, 6) is 0.382. The highest BCUT2D eigenvalue weighted by Gasteiger charge is 2.24. The monoisotopic (exact) mass is 424 g/mol. The Morgan fingerprint density at radius 1 is 1.07 bits per heavy atom. The van der Waals surface area contributed by atoms with Gasteiger partial charge in [0.1, 0.15) is 5.75 Å².